The molecular weight excluding hydrogens is 346 g/mol. The Hall–Kier alpha value is -2.15. The van der Waals surface area contributed by atoms with Crippen LogP contribution < -0.4 is 4.90 Å². The lowest BCUT2D eigenvalue weighted by Crippen LogP contribution is -2.40. The summed E-state index contributed by atoms with van der Waals surface area (Å²) in [6, 6.07) is 4.91. The highest BCUT2D eigenvalue weighted by Gasteiger charge is 2.26. The summed E-state index contributed by atoms with van der Waals surface area (Å²) in [6.45, 7) is 5.61. The van der Waals surface area contributed by atoms with E-state index in [4.69, 9.17) is 4.74 Å². The van der Waals surface area contributed by atoms with E-state index in [1.807, 2.05) is 11.8 Å². The molecule has 2 aliphatic heterocycles. The zero-order chi connectivity index (χ0) is 19.2. The molecule has 148 valence electrons. The van der Waals surface area contributed by atoms with Crippen molar-refractivity contribution in [3.8, 4) is 0 Å². The number of benzene rings is 1. The fourth-order valence-corrected chi connectivity index (χ4v) is 3.95. The minimum absolute atomic E-state index is 0.0214. The quantitative estimate of drug-likeness (QED) is 0.537. The summed E-state index contributed by atoms with van der Waals surface area (Å²) >= 11 is 0. The van der Waals surface area contributed by atoms with Crippen LogP contribution in [-0.4, -0.2) is 54.6 Å². The van der Waals surface area contributed by atoms with Crippen LogP contribution in [0.2, 0.25) is 0 Å². The van der Waals surface area contributed by atoms with Crippen molar-refractivity contribution in [1.29, 1.82) is 0 Å². The first-order valence-corrected chi connectivity index (χ1v) is 10.0. The van der Waals surface area contributed by atoms with Crippen LogP contribution in [0, 0.1) is 10.1 Å². The Kier molecular flexibility index (Phi) is 6.66. The first kappa shape index (κ1) is 19.6. The Labute approximate surface area is 160 Å². The highest BCUT2D eigenvalue weighted by Crippen LogP contribution is 2.32. The van der Waals surface area contributed by atoms with Crippen molar-refractivity contribution in [3.63, 3.8) is 0 Å². The van der Waals surface area contributed by atoms with Crippen molar-refractivity contribution in [1.82, 2.24) is 4.90 Å². The maximum Gasteiger partial charge on any atom is 0.293 e. The smallest absolute Gasteiger partial charge is 0.293 e. The number of hydrogen-bond donors (Lipinski definition) is 0. The summed E-state index contributed by atoms with van der Waals surface area (Å²) in [6.07, 6.45) is 6.14. The molecule has 7 heteroatoms. The lowest BCUT2D eigenvalue weighted by atomic mass is 10.1. The van der Waals surface area contributed by atoms with Gasteiger partial charge in [-0.05, 0) is 50.7 Å². The Morgan fingerprint density at radius 1 is 1.30 bits per heavy atom. The minimum atomic E-state index is -0.376. The van der Waals surface area contributed by atoms with E-state index in [1.54, 1.807) is 17.0 Å². The number of amides is 1. The number of nitro groups is 1. The van der Waals surface area contributed by atoms with Gasteiger partial charge in [0, 0.05) is 44.4 Å². The first-order valence-electron chi connectivity index (χ1n) is 10.0. The van der Waals surface area contributed by atoms with E-state index in [9.17, 15) is 14.9 Å². The standard InChI is InChI=1S/C20H29N3O4/c1-2-10-22(15-17-7-3-6-13-27-17)20(24)16-8-9-18(19(14-16)23(25)26)21-11-4-5-12-21/h8-9,14,17H,2-7,10-13,15H2,1H3. The average molecular weight is 375 g/mol. The van der Waals surface area contributed by atoms with Crippen molar-refractivity contribution in [2.75, 3.05) is 37.7 Å². The summed E-state index contributed by atoms with van der Waals surface area (Å²) in [7, 11) is 0. The zero-order valence-corrected chi connectivity index (χ0v) is 16.1. The van der Waals surface area contributed by atoms with Gasteiger partial charge in [-0.3, -0.25) is 14.9 Å². The third-order valence-corrected chi connectivity index (χ3v) is 5.34. The highest BCUT2D eigenvalue weighted by atomic mass is 16.6. The summed E-state index contributed by atoms with van der Waals surface area (Å²) in [5, 5.41) is 11.6. The van der Waals surface area contributed by atoms with Gasteiger partial charge in [-0.15, -0.1) is 0 Å². The monoisotopic (exact) mass is 375 g/mol. The molecular formula is C20H29N3O4. The van der Waals surface area contributed by atoms with Gasteiger partial charge in [-0.2, -0.15) is 0 Å². The van der Waals surface area contributed by atoms with Crippen molar-refractivity contribution in [2.24, 2.45) is 0 Å². The number of nitro benzene ring substituents is 1. The Morgan fingerprint density at radius 2 is 2.07 bits per heavy atom. The van der Waals surface area contributed by atoms with Crippen LogP contribution in [0.4, 0.5) is 11.4 Å². The van der Waals surface area contributed by atoms with Crippen LogP contribution in [0.5, 0.6) is 0 Å². The summed E-state index contributed by atoms with van der Waals surface area (Å²) in [5.74, 6) is -0.151. The fraction of sp³-hybridized carbons (Fsp3) is 0.650. The minimum Gasteiger partial charge on any atom is -0.376 e. The normalized spacial score (nSPS) is 19.9. The van der Waals surface area contributed by atoms with Gasteiger partial charge in [-0.25, -0.2) is 0 Å². The molecule has 1 atom stereocenters. The lowest BCUT2D eigenvalue weighted by molar-refractivity contribution is -0.384. The van der Waals surface area contributed by atoms with E-state index < -0.39 is 0 Å². The summed E-state index contributed by atoms with van der Waals surface area (Å²) in [4.78, 5) is 28.1. The van der Waals surface area contributed by atoms with Gasteiger partial charge in [0.15, 0.2) is 0 Å². The second-order valence-corrected chi connectivity index (χ2v) is 7.39. The van der Waals surface area contributed by atoms with Crippen LogP contribution in [0.1, 0.15) is 55.8 Å². The van der Waals surface area contributed by atoms with Crippen molar-refractivity contribution in [2.45, 2.75) is 51.6 Å². The number of carbonyl (C=O) groups is 1. The molecule has 2 saturated heterocycles. The number of rotatable bonds is 7. The molecule has 1 aromatic rings. The molecule has 0 radical (unpaired) electrons. The Morgan fingerprint density at radius 3 is 2.70 bits per heavy atom. The van der Waals surface area contributed by atoms with Gasteiger partial charge in [0.25, 0.3) is 11.6 Å². The molecule has 0 N–H and O–H groups in total. The highest BCUT2D eigenvalue weighted by molar-refractivity contribution is 5.95. The van der Waals surface area contributed by atoms with Crippen LogP contribution >= 0.6 is 0 Å². The third-order valence-electron chi connectivity index (χ3n) is 5.34. The van der Waals surface area contributed by atoms with Gasteiger partial charge < -0.3 is 14.5 Å². The SMILES string of the molecule is CCCN(CC1CCCCO1)C(=O)c1ccc(N2CCCC2)c([N+](=O)[O-])c1. The molecule has 7 nitrogen and oxygen atoms in total. The maximum atomic E-state index is 13.1. The van der Waals surface area contributed by atoms with Crippen LogP contribution in [0.25, 0.3) is 0 Å². The number of hydrogen-bond acceptors (Lipinski definition) is 5. The van der Waals surface area contributed by atoms with Crippen LogP contribution in [-0.2, 0) is 4.74 Å². The first-order chi connectivity index (χ1) is 13.1. The van der Waals surface area contributed by atoms with Crippen molar-refractivity contribution >= 4 is 17.3 Å². The molecule has 0 aliphatic carbocycles. The maximum absolute atomic E-state index is 13.1. The van der Waals surface area contributed by atoms with Crippen LogP contribution in [0.3, 0.4) is 0 Å². The number of nitrogens with zero attached hydrogens (tertiary/aromatic N) is 3. The second-order valence-electron chi connectivity index (χ2n) is 7.39. The second kappa shape index (κ2) is 9.17. The van der Waals surface area contributed by atoms with E-state index in [0.29, 0.717) is 24.3 Å². The number of carbonyl (C=O) groups excluding carboxylic acids is 1. The third kappa shape index (κ3) is 4.77. The van der Waals surface area contributed by atoms with E-state index in [0.717, 1.165) is 58.2 Å². The summed E-state index contributed by atoms with van der Waals surface area (Å²) < 4.78 is 5.78. The fourth-order valence-electron chi connectivity index (χ4n) is 3.95. The molecule has 2 heterocycles. The largest absolute Gasteiger partial charge is 0.376 e. The van der Waals surface area contributed by atoms with Crippen molar-refractivity contribution in [3.05, 3.63) is 33.9 Å². The molecule has 2 fully saturated rings. The molecule has 3 rings (SSSR count). The number of ether oxygens (including phenoxy) is 1. The number of anilines is 1. The average Bonchev–Trinajstić information content (AvgIpc) is 3.22. The van der Waals surface area contributed by atoms with E-state index in [2.05, 4.69) is 0 Å². The van der Waals surface area contributed by atoms with E-state index >= 15 is 0 Å². The Balaban J connectivity index is 1.80. The summed E-state index contributed by atoms with van der Waals surface area (Å²) in [5.41, 5.74) is 1.02. The van der Waals surface area contributed by atoms with Gasteiger partial charge >= 0.3 is 0 Å². The molecule has 1 amide bonds. The molecule has 0 spiro atoms. The Bertz CT molecular complexity index is 667. The molecule has 1 unspecified atom stereocenters. The van der Waals surface area contributed by atoms with Gasteiger partial charge in [-0.1, -0.05) is 6.92 Å². The molecule has 1 aromatic carbocycles. The van der Waals surface area contributed by atoms with Crippen LogP contribution in [0.15, 0.2) is 18.2 Å². The topological polar surface area (TPSA) is 75.9 Å². The van der Waals surface area contributed by atoms with Gasteiger partial charge in [0.2, 0.25) is 0 Å². The zero-order valence-electron chi connectivity index (χ0n) is 16.1. The molecule has 0 bridgehead atoms. The molecule has 0 aromatic heterocycles. The van der Waals surface area contributed by atoms with E-state index in [-0.39, 0.29) is 22.6 Å². The van der Waals surface area contributed by atoms with E-state index in [1.165, 1.54) is 6.07 Å². The molecule has 27 heavy (non-hydrogen) atoms. The van der Waals surface area contributed by atoms with Gasteiger partial charge in [0.1, 0.15) is 5.69 Å². The lowest BCUT2D eigenvalue weighted by Gasteiger charge is -2.30. The van der Waals surface area contributed by atoms with Crippen molar-refractivity contribution < 1.29 is 14.5 Å². The predicted octanol–water partition coefficient (Wildman–Crippen LogP) is 3.62. The molecule has 0 saturated carbocycles. The predicted molar refractivity (Wildman–Crippen MR) is 104 cm³/mol. The van der Waals surface area contributed by atoms with Gasteiger partial charge in [0.05, 0.1) is 11.0 Å². The molecule has 2 aliphatic rings.